The molecule has 0 amide bonds. The summed E-state index contributed by atoms with van der Waals surface area (Å²) in [4.78, 5) is 11.7. The predicted octanol–water partition coefficient (Wildman–Crippen LogP) is 3.15. The van der Waals surface area contributed by atoms with Crippen molar-refractivity contribution in [3.8, 4) is 0 Å². The third kappa shape index (κ3) is 3.32. The minimum atomic E-state index is 0.0332. The van der Waals surface area contributed by atoms with E-state index in [1.165, 1.54) is 19.3 Å². The van der Waals surface area contributed by atoms with Crippen LogP contribution < -0.4 is 0 Å². The zero-order valence-corrected chi connectivity index (χ0v) is 9.58. The molecule has 1 fully saturated rings. The van der Waals surface area contributed by atoms with Crippen molar-refractivity contribution in [1.29, 1.82) is 0 Å². The molecule has 0 N–H and O–H groups in total. The Morgan fingerprint density at radius 3 is 2.21 bits per heavy atom. The predicted molar refractivity (Wildman–Crippen MR) is 57.0 cm³/mol. The third-order valence-electron chi connectivity index (χ3n) is 3.18. The van der Waals surface area contributed by atoms with Gasteiger partial charge in [0, 0.05) is 0 Å². The second-order valence-electron chi connectivity index (χ2n) is 4.72. The van der Waals surface area contributed by atoms with E-state index in [2.05, 4.69) is 13.8 Å². The van der Waals surface area contributed by atoms with Crippen molar-refractivity contribution in [3.63, 3.8) is 0 Å². The summed E-state index contributed by atoms with van der Waals surface area (Å²) < 4.78 is 5.41. The molecule has 82 valence electrons. The molecule has 14 heavy (non-hydrogen) atoms. The first-order chi connectivity index (χ1) is 6.61. The van der Waals surface area contributed by atoms with Crippen LogP contribution >= 0.6 is 0 Å². The molecule has 1 aliphatic carbocycles. The van der Waals surface area contributed by atoms with Crippen LogP contribution in [0.4, 0.5) is 0 Å². The standard InChI is InChI=1S/C12H22O2/c1-9(2)10(3)14-12(13)11-7-5-4-6-8-11/h9-11H,4-8H2,1-3H3/t10-/m1/s1. The highest BCUT2D eigenvalue weighted by atomic mass is 16.5. The van der Waals surface area contributed by atoms with Gasteiger partial charge in [0.15, 0.2) is 0 Å². The first kappa shape index (κ1) is 11.5. The number of hydrogen-bond acceptors (Lipinski definition) is 2. The third-order valence-corrected chi connectivity index (χ3v) is 3.18. The van der Waals surface area contributed by atoms with Gasteiger partial charge >= 0.3 is 5.97 Å². The molecule has 0 bridgehead atoms. The number of carbonyl (C=O) groups excluding carboxylic acids is 1. The van der Waals surface area contributed by atoms with E-state index in [0.29, 0.717) is 5.92 Å². The number of ether oxygens (including phenoxy) is 1. The molecule has 2 nitrogen and oxygen atoms in total. The lowest BCUT2D eigenvalue weighted by Crippen LogP contribution is -2.26. The van der Waals surface area contributed by atoms with Gasteiger partial charge in [0.1, 0.15) is 6.10 Å². The van der Waals surface area contributed by atoms with Crippen molar-refractivity contribution in [1.82, 2.24) is 0 Å². The average molecular weight is 198 g/mol. The van der Waals surface area contributed by atoms with Crippen molar-refractivity contribution in [3.05, 3.63) is 0 Å². The summed E-state index contributed by atoms with van der Waals surface area (Å²) in [7, 11) is 0. The van der Waals surface area contributed by atoms with Gasteiger partial charge in [0.25, 0.3) is 0 Å². The van der Waals surface area contributed by atoms with Gasteiger partial charge in [0.2, 0.25) is 0 Å². The first-order valence-corrected chi connectivity index (χ1v) is 5.81. The Kier molecular flexibility index (Phi) is 4.43. The fourth-order valence-corrected chi connectivity index (χ4v) is 1.75. The highest BCUT2D eigenvalue weighted by Gasteiger charge is 2.24. The summed E-state index contributed by atoms with van der Waals surface area (Å²) in [6, 6.07) is 0. The lowest BCUT2D eigenvalue weighted by molar-refractivity contribution is -0.156. The topological polar surface area (TPSA) is 26.3 Å². The van der Waals surface area contributed by atoms with Crippen LogP contribution in [0.25, 0.3) is 0 Å². The van der Waals surface area contributed by atoms with E-state index < -0.39 is 0 Å². The first-order valence-electron chi connectivity index (χ1n) is 5.81. The fraction of sp³-hybridized carbons (Fsp3) is 0.917. The highest BCUT2D eigenvalue weighted by molar-refractivity contribution is 5.72. The molecule has 0 saturated heterocycles. The van der Waals surface area contributed by atoms with Crippen LogP contribution in [0.3, 0.4) is 0 Å². The van der Waals surface area contributed by atoms with Crippen LogP contribution in [0.15, 0.2) is 0 Å². The molecule has 2 heteroatoms. The van der Waals surface area contributed by atoms with E-state index >= 15 is 0 Å². The summed E-state index contributed by atoms with van der Waals surface area (Å²) in [6.45, 7) is 6.14. The van der Waals surface area contributed by atoms with Crippen LogP contribution in [0.5, 0.6) is 0 Å². The maximum Gasteiger partial charge on any atom is 0.309 e. The summed E-state index contributed by atoms with van der Waals surface area (Å²) in [6.07, 6.45) is 5.78. The molecule has 1 saturated carbocycles. The Labute approximate surface area is 87.0 Å². The summed E-state index contributed by atoms with van der Waals surface area (Å²) in [5.74, 6) is 0.637. The number of hydrogen-bond donors (Lipinski definition) is 0. The van der Waals surface area contributed by atoms with Gasteiger partial charge in [0.05, 0.1) is 5.92 Å². The monoisotopic (exact) mass is 198 g/mol. The van der Waals surface area contributed by atoms with Gasteiger partial charge in [-0.05, 0) is 25.7 Å². The van der Waals surface area contributed by atoms with Gasteiger partial charge in [-0.3, -0.25) is 4.79 Å². The van der Waals surface area contributed by atoms with E-state index in [-0.39, 0.29) is 18.0 Å². The van der Waals surface area contributed by atoms with Gasteiger partial charge in [-0.15, -0.1) is 0 Å². The van der Waals surface area contributed by atoms with Gasteiger partial charge in [-0.1, -0.05) is 33.1 Å². The van der Waals surface area contributed by atoms with Crippen molar-refractivity contribution in [2.24, 2.45) is 11.8 Å². The molecule has 0 aromatic rings. The lowest BCUT2D eigenvalue weighted by Gasteiger charge is -2.23. The molecule has 1 rings (SSSR count). The quantitative estimate of drug-likeness (QED) is 0.651. The van der Waals surface area contributed by atoms with Crippen molar-refractivity contribution < 1.29 is 9.53 Å². The molecule has 0 heterocycles. The van der Waals surface area contributed by atoms with Crippen LogP contribution in [-0.4, -0.2) is 12.1 Å². The second-order valence-corrected chi connectivity index (χ2v) is 4.72. The average Bonchev–Trinajstić information content (AvgIpc) is 2.19. The molecule has 0 aliphatic heterocycles. The zero-order chi connectivity index (χ0) is 10.6. The Bertz CT molecular complexity index is 181. The molecule has 1 atom stereocenters. The molecule has 0 aromatic carbocycles. The fourth-order valence-electron chi connectivity index (χ4n) is 1.75. The minimum absolute atomic E-state index is 0.0332. The van der Waals surface area contributed by atoms with Crippen LogP contribution in [0.1, 0.15) is 52.9 Å². The number of esters is 1. The van der Waals surface area contributed by atoms with Crippen molar-refractivity contribution in [2.45, 2.75) is 59.0 Å². The van der Waals surface area contributed by atoms with E-state index in [1.807, 2.05) is 6.92 Å². The largest absolute Gasteiger partial charge is 0.462 e. The Morgan fingerprint density at radius 1 is 1.14 bits per heavy atom. The molecule has 0 spiro atoms. The summed E-state index contributed by atoms with van der Waals surface area (Å²) in [5.41, 5.74) is 0. The van der Waals surface area contributed by atoms with Gasteiger partial charge in [-0.25, -0.2) is 0 Å². The van der Waals surface area contributed by atoms with Crippen LogP contribution in [0, 0.1) is 11.8 Å². The van der Waals surface area contributed by atoms with E-state index in [9.17, 15) is 4.79 Å². The molecule has 1 aliphatic rings. The maximum atomic E-state index is 11.7. The van der Waals surface area contributed by atoms with E-state index in [4.69, 9.17) is 4.74 Å². The van der Waals surface area contributed by atoms with Gasteiger partial charge < -0.3 is 4.74 Å². The van der Waals surface area contributed by atoms with Gasteiger partial charge in [-0.2, -0.15) is 0 Å². The van der Waals surface area contributed by atoms with Crippen LogP contribution in [0.2, 0.25) is 0 Å². The molecule has 0 aromatic heterocycles. The molecular weight excluding hydrogens is 176 g/mol. The van der Waals surface area contributed by atoms with Crippen molar-refractivity contribution >= 4 is 5.97 Å². The van der Waals surface area contributed by atoms with E-state index in [1.54, 1.807) is 0 Å². The Morgan fingerprint density at radius 2 is 1.71 bits per heavy atom. The van der Waals surface area contributed by atoms with Crippen LogP contribution in [-0.2, 0) is 9.53 Å². The summed E-state index contributed by atoms with van der Waals surface area (Å²) in [5, 5.41) is 0. The number of rotatable bonds is 3. The van der Waals surface area contributed by atoms with E-state index in [0.717, 1.165) is 12.8 Å². The number of carbonyl (C=O) groups is 1. The normalized spacial score (nSPS) is 20.9. The smallest absolute Gasteiger partial charge is 0.309 e. The maximum absolute atomic E-state index is 11.7. The Hall–Kier alpha value is -0.530. The second kappa shape index (κ2) is 5.38. The Balaban J connectivity index is 2.33. The zero-order valence-electron chi connectivity index (χ0n) is 9.58. The SMILES string of the molecule is CC(C)[C@@H](C)OC(=O)C1CCCCC1. The molecule has 0 unspecified atom stereocenters. The molecular formula is C12H22O2. The highest BCUT2D eigenvalue weighted by Crippen LogP contribution is 2.25. The lowest BCUT2D eigenvalue weighted by atomic mass is 9.89. The summed E-state index contributed by atoms with van der Waals surface area (Å²) >= 11 is 0. The minimum Gasteiger partial charge on any atom is -0.462 e. The van der Waals surface area contributed by atoms with Crippen molar-refractivity contribution in [2.75, 3.05) is 0 Å². The molecule has 0 radical (unpaired) electrons.